The second kappa shape index (κ2) is 13.1. The molecule has 5 rings (SSSR count). The van der Waals surface area contributed by atoms with E-state index in [4.69, 9.17) is 9.47 Å². The van der Waals surface area contributed by atoms with Crippen molar-refractivity contribution in [1.29, 1.82) is 0 Å². The minimum atomic E-state index is -5.07. The summed E-state index contributed by atoms with van der Waals surface area (Å²) in [6.07, 6.45) is -6.24. The van der Waals surface area contributed by atoms with Gasteiger partial charge in [-0.25, -0.2) is 4.79 Å². The topological polar surface area (TPSA) is 137 Å². The van der Waals surface area contributed by atoms with Crippen molar-refractivity contribution in [2.24, 2.45) is 46.3 Å². The second-order valence-electron chi connectivity index (χ2n) is 16.4. The summed E-state index contributed by atoms with van der Waals surface area (Å²) in [6.45, 7) is 9.73. The zero-order valence-electron chi connectivity index (χ0n) is 29.0. The Morgan fingerprint density at radius 2 is 1.56 bits per heavy atom. The van der Waals surface area contributed by atoms with Gasteiger partial charge in [0.2, 0.25) is 0 Å². The number of aliphatic hydroxyl groups is 5. The lowest BCUT2D eigenvalue weighted by atomic mass is 9.41. The van der Waals surface area contributed by atoms with E-state index in [1.807, 2.05) is 13.8 Å². The van der Waals surface area contributed by atoms with Crippen LogP contribution >= 0.6 is 0 Å². The van der Waals surface area contributed by atoms with E-state index < -0.39 is 76.5 Å². The number of benzene rings is 1. The predicted molar refractivity (Wildman–Crippen MR) is 171 cm³/mol. The van der Waals surface area contributed by atoms with Crippen LogP contribution in [0.25, 0.3) is 0 Å². The Bertz CT molecular complexity index is 1290. The molecule has 48 heavy (non-hydrogen) atoms. The third-order valence-electron chi connectivity index (χ3n) is 13.6. The van der Waals surface area contributed by atoms with Crippen LogP contribution < -0.4 is 0 Å². The molecule has 0 amide bonds. The molecule has 1 aromatic rings. The lowest BCUT2D eigenvalue weighted by Crippen LogP contribution is -2.70. The molecular weight excluding hydrogens is 629 g/mol. The summed E-state index contributed by atoms with van der Waals surface area (Å²) in [4.78, 5) is 13.4. The van der Waals surface area contributed by atoms with E-state index in [0.29, 0.717) is 38.5 Å². The highest BCUT2D eigenvalue weighted by Gasteiger charge is 2.72. The Hall–Kier alpha value is -1.76. The van der Waals surface area contributed by atoms with Crippen molar-refractivity contribution in [1.82, 2.24) is 0 Å². The first-order valence-corrected chi connectivity index (χ1v) is 17.6. The predicted octanol–water partition coefficient (Wildman–Crippen LogP) is 5.12. The smallest absolute Gasteiger partial charge is 0.432 e. The van der Waals surface area contributed by atoms with Gasteiger partial charge in [-0.05, 0) is 79.4 Å². The molecule has 5 N–H and O–H groups in total. The van der Waals surface area contributed by atoms with Crippen molar-refractivity contribution in [2.45, 2.75) is 134 Å². The monoisotopic (exact) mass is 684 g/mol. The van der Waals surface area contributed by atoms with E-state index in [2.05, 4.69) is 6.92 Å². The van der Waals surface area contributed by atoms with Crippen LogP contribution in [0.3, 0.4) is 0 Å². The fraction of sp³-hybridized carbons (Fsp3) is 0.811. The van der Waals surface area contributed by atoms with Crippen LogP contribution in [-0.2, 0) is 19.9 Å². The van der Waals surface area contributed by atoms with E-state index in [1.165, 1.54) is 24.3 Å². The van der Waals surface area contributed by atoms with Crippen LogP contribution in [0.15, 0.2) is 30.3 Å². The molecule has 8 nitrogen and oxygen atoms in total. The summed E-state index contributed by atoms with van der Waals surface area (Å²) in [6, 6.07) is 6.77. The van der Waals surface area contributed by atoms with Gasteiger partial charge in [-0.1, -0.05) is 65.0 Å². The first kappa shape index (κ1) is 37.5. The van der Waals surface area contributed by atoms with E-state index in [0.717, 1.165) is 13.5 Å². The molecule has 0 radical (unpaired) electrons. The summed E-state index contributed by atoms with van der Waals surface area (Å²) in [5.74, 6) is -3.22. The number of carbonyl (C=O) groups excluding carboxylic acids is 1. The van der Waals surface area contributed by atoms with E-state index in [-0.39, 0.29) is 35.7 Å². The van der Waals surface area contributed by atoms with Gasteiger partial charge in [-0.15, -0.1) is 0 Å². The third-order valence-corrected chi connectivity index (χ3v) is 13.6. The molecule has 0 aliphatic heterocycles. The normalized spacial score (nSPS) is 42.2. The number of fused-ring (bicyclic) bond motifs is 5. The van der Waals surface area contributed by atoms with Gasteiger partial charge >= 0.3 is 12.1 Å². The maximum atomic E-state index is 14.5. The molecule has 11 heteroatoms. The number of hydrogen-bond acceptors (Lipinski definition) is 8. The third kappa shape index (κ3) is 5.72. The van der Waals surface area contributed by atoms with Crippen LogP contribution in [-0.4, -0.2) is 80.9 Å². The van der Waals surface area contributed by atoms with Crippen molar-refractivity contribution in [2.75, 3.05) is 7.11 Å². The molecule has 1 aromatic carbocycles. The zero-order valence-corrected chi connectivity index (χ0v) is 29.0. The molecule has 272 valence electrons. The highest BCUT2D eigenvalue weighted by atomic mass is 19.4. The fourth-order valence-electron chi connectivity index (χ4n) is 11.3. The number of aliphatic hydroxyl groups excluding tert-OH is 4. The highest BCUT2D eigenvalue weighted by Crippen LogP contribution is 2.70. The highest BCUT2D eigenvalue weighted by molar-refractivity contribution is 5.82. The number of carbonyl (C=O) groups is 1. The van der Waals surface area contributed by atoms with Gasteiger partial charge in [0, 0.05) is 30.9 Å². The van der Waals surface area contributed by atoms with Crippen molar-refractivity contribution >= 4 is 5.97 Å². The fourth-order valence-corrected chi connectivity index (χ4v) is 11.3. The molecule has 0 aromatic heterocycles. The summed E-state index contributed by atoms with van der Waals surface area (Å²) < 4.78 is 54.2. The van der Waals surface area contributed by atoms with Crippen molar-refractivity contribution in [3.05, 3.63) is 35.9 Å². The Morgan fingerprint density at radius 1 is 0.938 bits per heavy atom. The summed E-state index contributed by atoms with van der Waals surface area (Å²) >= 11 is 0. The largest absolute Gasteiger partial charge is 0.459 e. The molecule has 2 unspecified atom stereocenters. The van der Waals surface area contributed by atoms with Crippen molar-refractivity contribution in [3.8, 4) is 0 Å². The van der Waals surface area contributed by atoms with Crippen molar-refractivity contribution in [3.63, 3.8) is 0 Å². The number of esters is 1. The Kier molecular flexibility index (Phi) is 10.2. The lowest BCUT2D eigenvalue weighted by molar-refractivity contribution is -0.281. The molecule has 4 aliphatic rings. The summed E-state index contributed by atoms with van der Waals surface area (Å²) in [5, 5.41) is 56.9. The summed E-state index contributed by atoms with van der Waals surface area (Å²) in [7, 11) is 0.852. The number of methoxy groups -OCH3 is 1. The number of ether oxygens (including phenoxy) is 2. The molecule has 0 spiro atoms. The minimum absolute atomic E-state index is 0.00731. The van der Waals surface area contributed by atoms with Gasteiger partial charge in [-0.3, -0.25) is 0 Å². The standard InChI is InChI=1S/C37H55F3O8/c1-20(2)27(48-32(45)36(47-6,37(38,39)40)22-10-8-7-9-11-22)13-12-21(3)23-18-25(42)31-33(23,4)17-15-28-34(5)16-14-24(41)30(44)29(34)26(43)19-35(28,31)46/h7-11,20-21,23-31,41-44,46H,12-19H2,1-6H3/t21-,23-,24+,25-,26+,27+,28-,29?,30+,31?,33-,34-,35+,36-/m1/s1. The molecule has 14 atom stereocenters. The van der Waals surface area contributed by atoms with Crippen LogP contribution in [0.4, 0.5) is 13.2 Å². The van der Waals surface area contributed by atoms with Gasteiger partial charge in [-0.2, -0.15) is 13.2 Å². The quantitative estimate of drug-likeness (QED) is 0.226. The van der Waals surface area contributed by atoms with Crippen LogP contribution in [0, 0.1) is 46.3 Å². The Labute approximate surface area is 282 Å². The van der Waals surface area contributed by atoms with Gasteiger partial charge < -0.3 is 35.0 Å². The van der Waals surface area contributed by atoms with Crippen LogP contribution in [0.1, 0.15) is 91.5 Å². The molecule has 0 heterocycles. The maximum absolute atomic E-state index is 14.5. The second-order valence-corrected chi connectivity index (χ2v) is 16.4. The molecule has 4 saturated carbocycles. The van der Waals surface area contributed by atoms with E-state index in [1.54, 1.807) is 19.9 Å². The van der Waals surface area contributed by atoms with Crippen molar-refractivity contribution < 1.29 is 53.0 Å². The minimum Gasteiger partial charge on any atom is -0.459 e. The van der Waals surface area contributed by atoms with E-state index >= 15 is 0 Å². The number of alkyl halides is 3. The average molecular weight is 685 g/mol. The molecule has 0 saturated heterocycles. The SMILES string of the molecule is CO[C@@](C(=O)O[C@@H](CC[C@@H](C)[C@H]1C[C@@H](O)C2[C@]1(C)CC[C@@H]1[C@@]3(C)CC[C@H](O)[C@H](O)C3[C@@H](O)C[C@@]21O)C(C)C)(c1ccccc1)C(F)(F)F. The Morgan fingerprint density at radius 3 is 2.15 bits per heavy atom. The van der Waals surface area contributed by atoms with Gasteiger partial charge in [0.15, 0.2) is 0 Å². The van der Waals surface area contributed by atoms with Gasteiger partial charge in [0.25, 0.3) is 5.60 Å². The van der Waals surface area contributed by atoms with E-state index in [9.17, 15) is 43.5 Å². The average Bonchev–Trinajstić information content (AvgIpc) is 3.28. The zero-order chi connectivity index (χ0) is 35.6. The molecular formula is C37H55F3O8. The molecule has 0 bridgehead atoms. The summed E-state index contributed by atoms with van der Waals surface area (Å²) in [5.41, 5.74) is -6.11. The van der Waals surface area contributed by atoms with Gasteiger partial charge in [0.1, 0.15) is 6.10 Å². The molecule has 4 fully saturated rings. The lowest BCUT2D eigenvalue weighted by Gasteiger charge is -2.66. The van der Waals surface area contributed by atoms with Crippen LogP contribution in [0.5, 0.6) is 0 Å². The Balaban J connectivity index is 1.34. The first-order chi connectivity index (χ1) is 22.3. The first-order valence-electron chi connectivity index (χ1n) is 17.6. The number of hydrogen-bond donors (Lipinski definition) is 5. The number of rotatable bonds is 9. The number of halogens is 3. The van der Waals surface area contributed by atoms with Crippen LogP contribution in [0.2, 0.25) is 0 Å². The molecule has 4 aliphatic carbocycles. The maximum Gasteiger partial charge on any atom is 0.432 e. The van der Waals surface area contributed by atoms with Gasteiger partial charge in [0.05, 0.1) is 30.0 Å².